The normalized spacial score (nSPS) is 26.2. The molecule has 0 aromatic carbocycles. The molecule has 0 aliphatic carbocycles. The molecule has 0 spiro atoms. The molecule has 2 heteroatoms. The van der Waals surface area contributed by atoms with Gasteiger partial charge in [0.05, 0.1) is 0 Å². The second-order valence-electron chi connectivity index (χ2n) is 1.11. The summed E-state index contributed by atoms with van der Waals surface area (Å²) in [5.74, 6) is 0. The Bertz CT molecular complexity index is 61.3. The Morgan fingerprint density at radius 2 is 2.60 bits per heavy atom. The average Bonchev–Trinajstić information content (AvgIpc) is 2.12. The first-order valence-electron chi connectivity index (χ1n) is 1.60. The Morgan fingerprint density at radius 3 is 2.60 bits per heavy atom. The third-order valence-corrected chi connectivity index (χ3v) is 0.937. The van der Waals surface area contributed by atoms with E-state index >= 15 is 0 Å². The van der Waals surface area contributed by atoms with Gasteiger partial charge in [-0.2, -0.15) is 12.6 Å². The maximum absolute atomic E-state index is 3.88. The van der Waals surface area contributed by atoms with E-state index in [4.69, 9.17) is 0 Å². The van der Waals surface area contributed by atoms with Crippen molar-refractivity contribution in [3.8, 4) is 0 Å². The van der Waals surface area contributed by atoms with Crippen LogP contribution in [0, 0.1) is 0 Å². The molecule has 1 rings (SSSR count). The number of allylic oxidation sites excluding steroid dienone is 1. The van der Waals surface area contributed by atoms with Crippen molar-refractivity contribution in [2.75, 3.05) is 0 Å². The van der Waals surface area contributed by atoms with E-state index in [0.29, 0.717) is 0 Å². The summed E-state index contributed by atoms with van der Waals surface area (Å²) in [5, 5.41) is 1.83. The van der Waals surface area contributed by atoms with E-state index in [-0.39, 0.29) is 0 Å². The van der Waals surface area contributed by atoms with Crippen LogP contribution in [0.25, 0.3) is 0 Å². The van der Waals surface area contributed by atoms with Crippen LogP contribution in [0.2, 0.25) is 6.32 Å². The van der Waals surface area contributed by atoms with Crippen LogP contribution < -0.4 is 0 Å². The fourth-order valence-electron chi connectivity index (χ4n) is 0.164. The summed E-state index contributed by atoms with van der Waals surface area (Å²) in [6.45, 7) is 0. The van der Waals surface area contributed by atoms with Crippen molar-refractivity contribution in [3.05, 3.63) is 10.9 Å². The van der Waals surface area contributed by atoms with Crippen LogP contribution in [0.5, 0.6) is 0 Å². The maximum Gasteiger partial charge on any atom is 0.149 e. The second-order valence-corrected chi connectivity index (χ2v) is 1.37. The van der Waals surface area contributed by atoms with E-state index in [1.807, 2.05) is 5.41 Å². The van der Waals surface area contributed by atoms with Crippen LogP contribution in [0.1, 0.15) is 0 Å². The van der Waals surface area contributed by atoms with Gasteiger partial charge in [-0.15, -0.1) is 5.47 Å². The molecular weight excluding hydrogens is 78.9 g/mol. The molecule has 0 N–H and O–H groups in total. The molecule has 1 aliphatic heterocycles. The van der Waals surface area contributed by atoms with Gasteiger partial charge in [0.2, 0.25) is 0 Å². The van der Waals surface area contributed by atoms with Crippen molar-refractivity contribution in [2.24, 2.45) is 0 Å². The Hall–Kier alpha value is 0.155. The highest BCUT2D eigenvalue weighted by molar-refractivity contribution is 7.83. The van der Waals surface area contributed by atoms with Gasteiger partial charge in [-0.25, -0.2) is 0 Å². The van der Waals surface area contributed by atoms with Gasteiger partial charge >= 0.3 is 0 Å². The molecule has 0 bridgehead atoms. The van der Waals surface area contributed by atoms with Gasteiger partial charge < -0.3 is 0 Å². The summed E-state index contributed by atoms with van der Waals surface area (Å²) in [6.07, 6.45) is 1.17. The standard InChI is InChI=1S/C3H4BS/c5-2-3-1-4-3/h2,5H,1H2/b3-2+. The quantitative estimate of drug-likeness (QED) is 0.326. The van der Waals surface area contributed by atoms with Crippen molar-refractivity contribution in [2.45, 2.75) is 6.32 Å². The van der Waals surface area contributed by atoms with Gasteiger partial charge in [-0.3, -0.25) is 0 Å². The van der Waals surface area contributed by atoms with Crippen molar-refractivity contribution < 1.29 is 0 Å². The van der Waals surface area contributed by atoms with E-state index in [1.54, 1.807) is 0 Å². The van der Waals surface area contributed by atoms with E-state index in [1.165, 1.54) is 11.8 Å². The number of rotatable bonds is 0. The molecule has 0 nitrogen and oxygen atoms in total. The molecule has 25 valence electrons. The monoisotopic (exact) mass is 83.0 g/mol. The average molecular weight is 82.9 g/mol. The predicted molar refractivity (Wildman–Crippen MR) is 27.6 cm³/mol. The fraction of sp³-hybridized carbons (Fsp3) is 0.333. The molecule has 0 amide bonds. The van der Waals surface area contributed by atoms with Crippen LogP contribution in [0.4, 0.5) is 0 Å². The molecular formula is C3H4BS. The third kappa shape index (κ3) is 0.726. The van der Waals surface area contributed by atoms with E-state index < -0.39 is 0 Å². The summed E-state index contributed by atoms with van der Waals surface area (Å²) in [4.78, 5) is 0. The number of thiol groups is 1. The Kier molecular flexibility index (Phi) is 0.731. The van der Waals surface area contributed by atoms with Crippen LogP contribution in [0.3, 0.4) is 0 Å². The third-order valence-electron chi connectivity index (χ3n) is 0.606. The van der Waals surface area contributed by atoms with Crippen LogP contribution in [-0.2, 0) is 0 Å². The van der Waals surface area contributed by atoms with Crippen molar-refractivity contribution in [3.63, 3.8) is 0 Å². The number of hydrogen-bond donors (Lipinski definition) is 1. The molecule has 0 aromatic heterocycles. The largest absolute Gasteiger partial charge is 0.152 e. The summed E-state index contributed by atoms with van der Waals surface area (Å²) in [6, 6.07) is 0. The lowest BCUT2D eigenvalue weighted by molar-refractivity contribution is 1.89. The first-order valence-corrected chi connectivity index (χ1v) is 2.11. The highest BCUT2D eigenvalue weighted by Gasteiger charge is 2.10. The minimum atomic E-state index is 1.17. The summed E-state index contributed by atoms with van der Waals surface area (Å²) in [5.41, 5.74) is 1.37. The lowest BCUT2D eigenvalue weighted by Crippen LogP contribution is -1.36. The van der Waals surface area contributed by atoms with Crippen LogP contribution in [-0.4, -0.2) is 7.28 Å². The molecule has 0 atom stereocenters. The van der Waals surface area contributed by atoms with Gasteiger partial charge in [-0.1, -0.05) is 6.32 Å². The first-order chi connectivity index (χ1) is 2.43. The molecule has 0 saturated carbocycles. The Morgan fingerprint density at radius 1 is 2.00 bits per heavy atom. The molecule has 0 aromatic rings. The van der Waals surface area contributed by atoms with Crippen molar-refractivity contribution >= 4 is 19.9 Å². The summed E-state index contributed by atoms with van der Waals surface area (Å²) in [7, 11) is 2.13. The summed E-state index contributed by atoms with van der Waals surface area (Å²) >= 11 is 3.88. The minimum Gasteiger partial charge on any atom is -0.152 e. The highest BCUT2D eigenvalue weighted by Crippen LogP contribution is 2.17. The lowest BCUT2D eigenvalue weighted by atomic mass is 10.1. The van der Waals surface area contributed by atoms with E-state index in [9.17, 15) is 0 Å². The van der Waals surface area contributed by atoms with Crippen LogP contribution in [0.15, 0.2) is 10.9 Å². The van der Waals surface area contributed by atoms with E-state index in [0.717, 1.165) is 0 Å². The molecule has 5 heavy (non-hydrogen) atoms. The molecule has 1 heterocycles. The van der Waals surface area contributed by atoms with E-state index in [2.05, 4.69) is 19.9 Å². The van der Waals surface area contributed by atoms with Gasteiger partial charge in [0.15, 0.2) is 0 Å². The number of hydrogen-bond acceptors (Lipinski definition) is 1. The van der Waals surface area contributed by atoms with Crippen molar-refractivity contribution in [1.82, 2.24) is 0 Å². The molecule has 1 radical (unpaired) electrons. The predicted octanol–water partition coefficient (Wildman–Crippen LogP) is 0.894. The zero-order chi connectivity index (χ0) is 3.70. The smallest absolute Gasteiger partial charge is 0.149 e. The Labute approximate surface area is 37.9 Å². The second kappa shape index (κ2) is 1.09. The molecule has 1 aliphatic rings. The molecule has 0 unspecified atom stereocenters. The van der Waals surface area contributed by atoms with Gasteiger partial charge in [0.1, 0.15) is 7.28 Å². The first kappa shape index (κ1) is 3.35. The van der Waals surface area contributed by atoms with Gasteiger partial charge in [-0.05, 0) is 5.41 Å². The van der Waals surface area contributed by atoms with Crippen LogP contribution >= 0.6 is 12.6 Å². The SMILES string of the molecule is S/C=C1/[B]C1. The maximum atomic E-state index is 3.88. The minimum absolute atomic E-state index is 1.17. The van der Waals surface area contributed by atoms with Gasteiger partial charge in [0, 0.05) is 0 Å². The van der Waals surface area contributed by atoms with Gasteiger partial charge in [0.25, 0.3) is 0 Å². The zero-order valence-electron chi connectivity index (χ0n) is 2.81. The zero-order valence-corrected chi connectivity index (χ0v) is 3.70. The Balaban J connectivity index is 2.46. The highest BCUT2D eigenvalue weighted by atomic mass is 32.1. The lowest BCUT2D eigenvalue weighted by Gasteiger charge is -1.54. The topological polar surface area (TPSA) is 0 Å². The summed E-state index contributed by atoms with van der Waals surface area (Å²) < 4.78 is 0. The molecule has 1 saturated heterocycles. The molecule has 1 fully saturated rings. The fourth-order valence-corrected chi connectivity index (χ4v) is 0.375. The van der Waals surface area contributed by atoms with Crippen molar-refractivity contribution in [1.29, 1.82) is 0 Å².